The maximum atomic E-state index is 13.3. The molecule has 6 nitrogen and oxygen atoms in total. The van der Waals surface area contributed by atoms with E-state index in [0.29, 0.717) is 37.3 Å². The SMILES string of the molecule is COC1=C(c2cc(C)c(C)cc2Br)C(=O)N(OC)C12CCN(OC)CC2. The fourth-order valence-corrected chi connectivity index (χ4v) is 4.60. The molecule has 1 fully saturated rings. The molecular weight excluding hydrogens is 400 g/mol. The number of methoxy groups -OCH3 is 1. The van der Waals surface area contributed by atoms with Crippen LogP contribution in [0.3, 0.4) is 0 Å². The lowest BCUT2D eigenvalue weighted by Crippen LogP contribution is -2.54. The smallest absolute Gasteiger partial charge is 0.282 e. The molecule has 1 spiro atoms. The van der Waals surface area contributed by atoms with Gasteiger partial charge in [-0.3, -0.25) is 9.63 Å². The number of benzene rings is 1. The van der Waals surface area contributed by atoms with E-state index in [1.54, 1.807) is 14.2 Å². The molecule has 0 aromatic heterocycles. The van der Waals surface area contributed by atoms with Crippen molar-refractivity contribution in [3.05, 3.63) is 39.1 Å². The lowest BCUT2D eigenvalue weighted by Gasteiger charge is -2.43. The fourth-order valence-electron chi connectivity index (χ4n) is 3.95. The Morgan fingerprint density at radius 1 is 1.04 bits per heavy atom. The van der Waals surface area contributed by atoms with E-state index in [4.69, 9.17) is 14.4 Å². The van der Waals surface area contributed by atoms with Gasteiger partial charge in [0.15, 0.2) is 0 Å². The first-order valence-electron chi connectivity index (χ1n) is 8.63. The first-order valence-corrected chi connectivity index (χ1v) is 9.42. The molecule has 0 unspecified atom stereocenters. The molecule has 0 atom stereocenters. The van der Waals surface area contributed by atoms with Crippen molar-refractivity contribution in [3.8, 4) is 0 Å². The van der Waals surface area contributed by atoms with Crippen LogP contribution in [0.1, 0.15) is 29.5 Å². The predicted molar refractivity (Wildman–Crippen MR) is 102 cm³/mol. The molecule has 1 saturated heterocycles. The molecule has 0 aliphatic carbocycles. The minimum Gasteiger partial charge on any atom is -0.498 e. The van der Waals surface area contributed by atoms with Crippen molar-refractivity contribution in [3.63, 3.8) is 0 Å². The standard InChI is InChI=1S/C19H25BrN2O4/c1-12-10-14(15(20)11-13(12)2)16-17(24-3)19(22(26-5)18(16)23)6-8-21(25-4)9-7-19/h10-11H,6-9H2,1-5H3. The third kappa shape index (κ3) is 2.87. The Labute approximate surface area is 162 Å². The van der Waals surface area contributed by atoms with Crippen LogP contribution in [0.5, 0.6) is 0 Å². The topological polar surface area (TPSA) is 51.2 Å². The second-order valence-corrected chi connectivity index (χ2v) is 7.60. The van der Waals surface area contributed by atoms with Gasteiger partial charge in [0, 0.05) is 23.1 Å². The summed E-state index contributed by atoms with van der Waals surface area (Å²) in [4.78, 5) is 24.2. The zero-order valence-corrected chi connectivity index (χ0v) is 17.5. The number of ether oxygens (including phenoxy) is 1. The van der Waals surface area contributed by atoms with E-state index in [1.807, 2.05) is 24.1 Å². The highest BCUT2D eigenvalue weighted by molar-refractivity contribution is 9.10. The lowest BCUT2D eigenvalue weighted by molar-refractivity contribution is -0.222. The summed E-state index contributed by atoms with van der Waals surface area (Å²) in [6.45, 7) is 5.48. The molecule has 1 aromatic carbocycles. The van der Waals surface area contributed by atoms with E-state index in [-0.39, 0.29) is 5.91 Å². The zero-order valence-electron chi connectivity index (χ0n) is 15.9. The maximum absolute atomic E-state index is 13.3. The molecule has 0 bridgehead atoms. The highest BCUT2D eigenvalue weighted by Gasteiger charge is 2.55. The monoisotopic (exact) mass is 424 g/mol. The molecule has 26 heavy (non-hydrogen) atoms. The van der Waals surface area contributed by atoms with Crippen molar-refractivity contribution in [2.75, 3.05) is 34.4 Å². The average Bonchev–Trinajstić information content (AvgIpc) is 2.85. The van der Waals surface area contributed by atoms with Crippen molar-refractivity contribution < 1.29 is 19.2 Å². The normalized spacial score (nSPS) is 20.4. The fraction of sp³-hybridized carbons (Fsp3) is 0.526. The van der Waals surface area contributed by atoms with Gasteiger partial charge in [-0.25, -0.2) is 5.06 Å². The van der Waals surface area contributed by atoms with Crippen LogP contribution in [0, 0.1) is 13.8 Å². The van der Waals surface area contributed by atoms with Crippen LogP contribution in [0.15, 0.2) is 22.4 Å². The van der Waals surface area contributed by atoms with Crippen molar-refractivity contribution in [2.24, 2.45) is 0 Å². The Morgan fingerprint density at radius 2 is 1.65 bits per heavy atom. The summed E-state index contributed by atoms with van der Waals surface area (Å²) < 4.78 is 6.70. The van der Waals surface area contributed by atoms with Crippen molar-refractivity contribution in [1.82, 2.24) is 10.1 Å². The van der Waals surface area contributed by atoms with E-state index in [0.717, 1.165) is 21.2 Å². The number of rotatable bonds is 4. The van der Waals surface area contributed by atoms with Crippen LogP contribution < -0.4 is 0 Å². The van der Waals surface area contributed by atoms with Gasteiger partial charge in [-0.1, -0.05) is 15.9 Å². The number of nitrogens with zero attached hydrogens (tertiary/aromatic N) is 2. The van der Waals surface area contributed by atoms with E-state index in [9.17, 15) is 4.79 Å². The van der Waals surface area contributed by atoms with Gasteiger partial charge in [0.05, 0.1) is 26.9 Å². The van der Waals surface area contributed by atoms with Crippen LogP contribution in [-0.2, 0) is 19.2 Å². The molecule has 1 aromatic rings. The number of amides is 1. The molecule has 2 heterocycles. The highest BCUT2D eigenvalue weighted by atomic mass is 79.9. The highest BCUT2D eigenvalue weighted by Crippen LogP contribution is 2.47. The van der Waals surface area contributed by atoms with Gasteiger partial charge < -0.3 is 9.57 Å². The number of hydroxylamine groups is 4. The van der Waals surface area contributed by atoms with Crippen molar-refractivity contribution >= 4 is 27.4 Å². The summed E-state index contributed by atoms with van der Waals surface area (Å²) in [7, 11) is 4.83. The molecule has 3 rings (SSSR count). The minimum atomic E-state index is -0.608. The van der Waals surface area contributed by atoms with E-state index in [1.165, 1.54) is 12.2 Å². The average molecular weight is 425 g/mol. The Hall–Kier alpha value is -1.41. The van der Waals surface area contributed by atoms with Gasteiger partial charge in [0.25, 0.3) is 5.91 Å². The maximum Gasteiger partial charge on any atom is 0.282 e. The van der Waals surface area contributed by atoms with E-state index >= 15 is 0 Å². The van der Waals surface area contributed by atoms with Crippen LogP contribution in [0.25, 0.3) is 5.57 Å². The minimum absolute atomic E-state index is 0.167. The van der Waals surface area contributed by atoms with Crippen LogP contribution in [0.4, 0.5) is 0 Å². The Morgan fingerprint density at radius 3 is 2.19 bits per heavy atom. The number of aryl methyl sites for hydroxylation is 2. The quantitative estimate of drug-likeness (QED) is 0.742. The van der Waals surface area contributed by atoms with Gasteiger partial charge in [0.2, 0.25) is 0 Å². The van der Waals surface area contributed by atoms with Crippen LogP contribution in [0.2, 0.25) is 0 Å². The zero-order chi connectivity index (χ0) is 19.1. The predicted octanol–water partition coefficient (Wildman–Crippen LogP) is 3.22. The summed E-state index contributed by atoms with van der Waals surface area (Å²) in [5.41, 5.74) is 3.08. The van der Waals surface area contributed by atoms with Crippen LogP contribution in [-0.4, -0.2) is 56.0 Å². The van der Waals surface area contributed by atoms with Gasteiger partial charge >= 0.3 is 0 Å². The molecule has 0 radical (unpaired) electrons. The summed E-state index contributed by atoms with van der Waals surface area (Å²) in [6.07, 6.45) is 1.35. The third-order valence-corrected chi connectivity index (χ3v) is 6.14. The number of hydrogen-bond donors (Lipinski definition) is 0. The molecular formula is C19H25BrN2O4. The second-order valence-electron chi connectivity index (χ2n) is 6.75. The second kappa shape index (κ2) is 7.31. The lowest BCUT2D eigenvalue weighted by atomic mass is 9.85. The number of piperidine rings is 1. The van der Waals surface area contributed by atoms with Gasteiger partial charge in [0.1, 0.15) is 11.3 Å². The van der Waals surface area contributed by atoms with Gasteiger partial charge in [-0.15, -0.1) is 0 Å². The first-order chi connectivity index (χ1) is 12.4. The summed E-state index contributed by atoms with van der Waals surface area (Å²) in [6, 6.07) is 4.07. The van der Waals surface area contributed by atoms with Crippen molar-refractivity contribution in [1.29, 1.82) is 0 Å². The van der Waals surface area contributed by atoms with Gasteiger partial charge in [-0.05, 0) is 49.9 Å². The molecule has 2 aliphatic rings. The summed E-state index contributed by atoms with van der Waals surface area (Å²) >= 11 is 3.62. The Balaban J connectivity index is 2.15. The largest absolute Gasteiger partial charge is 0.498 e. The van der Waals surface area contributed by atoms with E-state index < -0.39 is 5.54 Å². The molecule has 0 saturated carbocycles. The van der Waals surface area contributed by atoms with Gasteiger partial charge in [-0.2, -0.15) is 5.06 Å². The summed E-state index contributed by atoms with van der Waals surface area (Å²) in [5.74, 6) is 0.503. The Kier molecular flexibility index (Phi) is 5.44. The summed E-state index contributed by atoms with van der Waals surface area (Å²) in [5, 5.41) is 3.37. The molecule has 142 valence electrons. The number of halogens is 1. The molecule has 0 N–H and O–H groups in total. The van der Waals surface area contributed by atoms with Crippen molar-refractivity contribution in [2.45, 2.75) is 32.2 Å². The number of hydrogen-bond acceptors (Lipinski definition) is 5. The third-order valence-electron chi connectivity index (χ3n) is 5.48. The molecule has 2 aliphatic heterocycles. The Bertz CT molecular complexity index is 754. The molecule has 1 amide bonds. The van der Waals surface area contributed by atoms with Crippen LogP contribution >= 0.6 is 15.9 Å². The first kappa shape index (κ1) is 19.4. The molecule has 7 heteroatoms. The van der Waals surface area contributed by atoms with E-state index in [2.05, 4.69) is 22.9 Å². The number of carbonyl (C=O) groups excluding carboxylic acids is 1. The number of carbonyl (C=O) groups is 1.